The second-order valence-corrected chi connectivity index (χ2v) is 9.90. The van der Waals surface area contributed by atoms with Crippen molar-refractivity contribution in [3.63, 3.8) is 0 Å². The Morgan fingerprint density at radius 3 is 2.66 bits per heavy atom. The highest BCUT2D eigenvalue weighted by Gasteiger charge is 2.32. The SMILES string of the molecule is CCOC(=O)c1c(NC(=O)CSc2nnc(N3CCOCC3)n2C2CC2)sc(C)c1CC. The summed E-state index contributed by atoms with van der Waals surface area (Å²) in [7, 11) is 0. The Morgan fingerprint density at radius 2 is 2.00 bits per heavy atom. The maximum absolute atomic E-state index is 12.8. The van der Waals surface area contributed by atoms with E-state index in [1.54, 1.807) is 6.92 Å². The molecule has 2 fully saturated rings. The molecular weight excluding hydrogens is 450 g/mol. The van der Waals surface area contributed by atoms with Crippen LogP contribution in [0.2, 0.25) is 0 Å². The van der Waals surface area contributed by atoms with Crippen LogP contribution in [0, 0.1) is 6.92 Å². The van der Waals surface area contributed by atoms with E-state index in [1.165, 1.54) is 23.1 Å². The molecule has 1 saturated heterocycles. The quantitative estimate of drug-likeness (QED) is 0.432. The molecule has 0 bridgehead atoms. The molecule has 0 atom stereocenters. The number of thioether (sulfide) groups is 1. The molecule has 32 heavy (non-hydrogen) atoms. The van der Waals surface area contributed by atoms with E-state index < -0.39 is 0 Å². The van der Waals surface area contributed by atoms with Gasteiger partial charge in [-0.1, -0.05) is 18.7 Å². The number of ether oxygens (including phenoxy) is 2. The Labute approximate surface area is 195 Å². The molecule has 0 aromatic carbocycles. The number of nitrogens with one attached hydrogen (secondary N) is 1. The lowest BCUT2D eigenvalue weighted by Crippen LogP contribution is -2.38. The van der Waals surface area contributed by atoms with Gasteiger partial charge in [0.05, 0.1) is 31.1 Å². The molecule has 174 valence electrons. The lowest BCUT2D eigenvalue weighted by atomic mass is 10.1. The van der Waals surface area contributed by atoms with Gasteiger partial charge in [-0.15, -0.1) is 21.5 Å². The number of thiophene rings is 1. The van der Waals surface area contributed by atoms with E-state index in [1.807, 2.05) is 13.8 Å². The van der Waals surface area contributed by atoms with Crippen LogP contribution in [0.5, 0.6) is 0 Å². The van der Waals surface area contributed by atoms with Gasteiger partial charge in [-0.05, 0) is 38.7 Å². The van der Waals surface area contributed by atoms with Gasteiger partial charge in [-0.2, -0.15) is 0 Å². The fourth-order valence-electron chi connectivity index (χ4n) is 3.80. The van der Waals surface area contributed by atoms with E-state index in [9.17, 15) is 9.59 Å². The lowest BCUT2D eigenvalue weighted by Gasteiger charge is -2.27. The lowest BCUT2D eigenvalue weighted by molar-refractivity contribution is -0.113. The number of anilines is 2. The predicted octanol–water partition coefficient (Wildman–Crippen LogP) is 3.29. The topological polar surface area (TPSA) is 98.6 Å². The highest BCUT2D eigenvalue weighted by molar-refractivity contribution is 7.99. The number of amides is 1. The van der Waals surface area contributed by atoms with Gasteiger partial charge in [0.15, 0.2) is 5.16 Å². The first-order valence-corrected chi connectivity index (χ1v) is 12.8. The van der Waals surface area contributed by atoms with Gasteiger partial charge in [0, 0.05) is 24.0 Å². The minimum atomic E-state index is -0.389. The van der Waals surface area contributed by atoms with Crippen LogP contribution in [0.25, 0.3) is 0 Å². The Balaban J connectivity index is 1.45. The summed E-state index contributed by atoms with van der Waals surface area (Å²) in [6, 6.07) is 0.399. The van der Waals surface area contributed by atoms with Crippen molar-refractivity contribution in [3.8, 4) is 0 Å². The van der Waals surface area contributed by atoms with E-state index in [0.29, 0.717) is 42.8 Å². The minimum absolute atomic E-state index is 0.178. The molecule has 1 aliphatic carbocycles. The Hall–Kier alpha value is -2.11. The van der Waals surface area contributed by atoms with Crippen LogP contribution in [0.15, 0.2) is 5.16 Å². The van der Waals surface area contributed by atoms with Gasteiger partial charge in [-0.25, -0.2) is 4.79 Å². The van der Waals surface area contributed by atoms with Crippen molar-refractivity contribution in [1.82, 2.24) is 14.8 Å². The van der Waals surface area contributed by atoms with Crippen LogP contribution in [0.1, 0.15) is 53.5 Å². The molecule has 1 N–H and O–H groups in total. The summed E-state index contributed by atoms with van der Waals surface area (Å²) < 4.78 is 12.8. The summed E-state index contributed by atoms with van der Waals surface area (Å²) in [5, 5.41) is 13.0. The van der Waals surface area contributed by atoms with Crippen LogP contribution in [0.3, 0.4) is 0 Å². The molecule has 2 aromatic rings. The molecule has 4 rings (SSSR count). The van der Waals surface area contributed by atoms with E-state index in [4.69, 9.17) is 9.47 Å². The molecular formula is C21H29N5O4S2. The number of rotatable bonds is 9. The number of carbonyl (C=O) groups is 2. The van der Waals surface area contributed by atoms with E-state index in [-0.39, 0.29) is 17.6 Å². The maximum Gasteiger partial charge on any atom is 0.341 e. The normalized spacial score (nSPS) is 16.3. The standard InChI is InChI=1S/C21H29N5O4S2/c1-4-15-13(3)32-18(17(15)19(28)30-5-2)22-16(27)12-31-21-24-23-20(26(21)14-6-7-14)25-8-10-29-11-9-25/h14H,4-12H2,1-3H3,(H,22,27). The van der Waals surface area contributed by atoms with Crippen LogP contribution in [-0.2, 0) is 20.7 Å². The third-order valence-corrected chi connectivity index (χ3v) is 7.49. The predicted molar refractivity (Wildman–Crippen MR) is 125 cm³/mol. The smallest absolute Gasteiger partial charge is 0.341 e. The zero-order valence-corrected chi connectivity index (χ0v) is 20.3. The average Bonchev–Trinajstić information content (AvgIpc) is 3.46. The number of hydrogen-bond donors (Lipinski definition) is 1. The third-order valence-electron chi connectivity index (χ3n) is 5.48. The van der Waals surface area contributed by atoms with Crippen LogP contribution in [-0.4, -0.2) is 65.3 Å². The number of esters is 1. The first-order valence-electron chi connectivity index (χ1n) is 11.0. The number of nitrogens with zero attached hydrogens (tertiary/aromatic N) is 4. The number of aryl methyl sites for hydroxylation is 1. The minimum Gasteiger partial charge on any atom is -0.462 e. The molecule has 1 saturated carbocycles. The summed E-state index contributed by atoms with van der Waals surface area (Å²) in [5.74, 6) is 0.488. The molecule has 2 aromatic heterocycles. The van der Waals surface area contributed by atoms with Crippen LogP contribution in [0.4, 0.5) is 10.9 Å². The van der Waals surface area contributed by atoms with Crippen LogP contribution >= 0.6 is 23.1 Å². The highest BCUT2D eigenvalue weighted by atomic mass is 32.2. The maximum atomic E-state index is 12.8. The number of carbonyl (C=O) groups excluding carboxylic acids is 2. The molecule has 11 heteroatoms. The summed E-state index contributed by atoms with van der Waals surface area (Å²) >= 11 is 2.79. The van der Waals surface area contributed by atoms with Crippen LogP contribution < -0.4 is 10.2 Å². The monoisotopic (exact) mass is 479 g/mol. The summed E-state index contributed by atoms with van der Waals surface area (Å²) in [6.07, 6.45) is 2.91. The molecule has 3 heterocycles. The highest BCUT2D eigenvalue weighted by Crippen LogP contribution is 2.41. The number of morpholine rings is 1. The Morgan fingerprint density at radius 1 is 1.25 bits per heavy atom. The second kappa shape index (κ2) is 10.2. The fourth-order valence-corrected chi connectivity index (χ4v) is 5.75. The van der Waals surface area contributed by atoms with Crippen molar-refractivity contribution in [2.24, 2.45) is 0 Å². The van der Waals surface area contributed by atoms with Crippen molar-refractivity contribution in [2.45, 2.75) is 51.2 Å². The van der Waals surface area contributed by atoms with Crippen molar-refractivity contribution >= 4 is 45.9 Å². The summed E-state index contributed by atoms with van der Waals surface area (Å²) in [5.41, 5.74) is 1.41. The number of aromatic nitrogens is 3. The molecule has 0 unspecified atom stereocenters. The van der Waals surface area contributed by atoms with E-state index in [0.717, 1.165) is 47.5 Å². The molecule has 0 spiro atoms. The third kappa shape index (κ3) is 4.94. The molecule has 1 amide bonds. The zero-order chi connectivity index (χ0) is 22.7. The largest absolute Gasteiger partial charge is 0.462 e. The van der Waals surface area contributed by atoms with Gasteiger partial charge < -0.3 is 19.7 Å². The first-order chi connectivity index (χ1) is 15.5. The van der Waals surface area contributed by atoms with Gasteiger partial charge in [0.25, 0.3) is 0 Å². The average molecular weight is 480 g/mol. The Kier molecular flexibility index (Phi) is 7.37. The van der Waals surface area contributed by atoms with E-state index in [2.05, 4.69) is 25.0 Å². The van der Waals surface area contributed by atoms with Crippen molar-refractivity contribution in [3.05, 3.63) is 16.0 Å². The van der Waals surface area contributed by atoms with Gasteiger partial charge in [-0.3, -0.25) is 9.36 Å². The van der Waals surface area contributed by atoms with Crippen molar-refractivity contribution < 1.29 is 19.1 Å². The van der Waals surface area contributed by atoms with E-state index >= 15 is 0 Å². The first kappa shape index (κ1) is 23.1. The van der Waals surface area contributed by atoms with Gasteiger partial charge in [0.2, 0.25) is 11.9 Å². The molecule has 1 aliphatic heterocycles. The molecule has 9 nitrogen and oxygen atoms in total. The van der Waals surface area contributed by atoms with Gasteiger partial charge in [0.1, 0.15) is 5.00 Å². The zero-order valence-electron chi connectivity index (χ0n) is 18.7. The molecule has 0 radical (unpaired) electrons. The Bertz CT molecular complexity index is 979. The summed E-state index contributed by atoms with van der Waals surface area (Å²) in [4.78, 5) is 28.5. The fraction of sp³-hybridized carbons (Fsp3) is 0.619. The van der Waals surface area contributed by atoms with Crippen molar-refractivity contribution in [1.29, 1.82) is 0 Å². The summed E-state index contributed by atoms with van der Waals surface area (Å²) in [6.45, 7) is 8.99. The second-order valence-electron chi connectivity index (χ2n) is 7.73. The molecule has 2 aliphatic rings. The van der Waals surface area contributed by atoms with Crippen molar-refractivity contribution in [2.75, 3.05) is 48.9 Å². The van der Waals surface area contributed by atoms with Gasteiger partial charge >= 0.3 is 5.97 Å². The number of hydrogen-bond acceptors (Lipinski definition) is 9.